The monoisotopic (exact) mass is 388 g/mol. The van der Waals surface area contributed by atoms with Gasteiger partial charge in [0, 0.05) is 23.5 Å². The lowest BCUT2D eigenvalue weighted by molar-refractivity contribution is 0.353. The summed E-state index contributed by atoms with van der Waals surface area (Å²) in [4.78, 5) is 4.80. The highest BCUT2D eigenvalue weighted by molar-refractivity contribution is 5.78. The van der Waals surface area contributed by atoms with Crippen LogP contribution in [0.3, 0.4) is 0 Å². The second-order valence-corrected chi connectivity index (χ2v) is 7.09. The lowest BCUT2D eigenvalue weighted by Crippen LogP contribution is -2.00. The summed E-state index contributed by atoms with van der Waals surface area (Å²) in [5.41, 5.74) is 7.28. The van der Waals surface area contributed by atoms with Gasteiger partial charge in [-0.1, -0.05) is 18.2 Å². The number of benzene rings is 2. The first kappa shape index (κ1) is 18.8. The largest absolute Gasteiger partial charge is 0.493 e. The highest BCUT2D eigenvalue weighted by atomic mass is 16.5. The summed E-state index contributed by atoms with van der Waals surface area (Å²) in [6.45, 7) is 6.21. The molecule has 0 aliphatic carbocycles. The Morgan fingerprint density at radius 1 is 0.897 bits per heavy atom. The third kappa shape index (κ3) is 3.49. The summed E-state index contributed by atoms with van der Waals surface area (Å²) in [6, 6.07) is 12.2. The van der Waals surface area contributed by atoms with E-state index in [0.29, 0.717) is 5.75 Å². The van der Waals surface area contributed by atoms with Crippen LogP contribution >= 0.6 is 0 Å². The summed E-state index contributed by atoms with van der Waals surface area (Å²) < 4.78 is 12.7. The van der Waals surface area contributed by atoms with E-state index < -0.39 is 0 Å². The van der Waals surface area contributed by atoms with Crippen molar-refractivity contribution in [2.24, 2.45) is 0 Å². The zero-order chi connectivity index (χ0) is 20.5. The Balaban J connectivity index is 1.73. The fourth-order valence-electron chi connectivity index (χ4n) is 3.43. The van der Waals surface area contributed by atoms with Crippen LogP contribution in [-0.2, 0) is 0 Å². The highest BCUT2D eigenvalue weighted by Crippen LogP contribution is 2.35. The van der Waals surface area contributed by atoms with Gasteiger partial charge in [-0.2, -0.15) is 5.10 Å². The smallest absolute Gasteiger partial charge is 0.165 e. The van der Waals surface area contributed by atoms with Gasteiger partial charge in [0.2, 0.25) is 0 Å². The van der Waals surface area contributed by atoms with Crippen LogP contribution in [0.2, 0.25) is 0 Å². The first-order valence-electron chi connectivity index (χ1n) is 9.42. The Morgan fingerprint density at radius 2 is 1.72 bits per heavy atom. The van der Waals surface area contributed by atoms with Crippen molar-refractivity contribution in [2.45, 2.75) is 20.8 Å². The zero-order valence-electron chi connectivity index (χ0n) is 17.3. The van der Waals surface area contributed by atoms with Crippen molar-refractivity contribution in [3.63, 3.8) is 0 Å². The van der Waals surface area contributed by atoms with Gasteiger partial charge >= 0.3 is 0 Å². The third-order valence-electron chi connectivity index (χ3n) is 5.12. The minimum Gasteiger partial charge on any atom is -0.493 e. The molecule has 148 valence electrons. The molecular formula is C23H24N4O2. The van der Waals surface area contributed by atoms with Crippen molar-refractivity contribution in [2.75, 3.05) is 19.5 Å². The van der Waals surface area contributed by atoms with E-state index in [4.69, 9.17) is 14.5 Å². The standard InChI is InChI=1S/C23H24N4O2/c1-14-6-7-17(10-15(14)2)19-13-24-27-9-8-21(26-23(19)27)25-18-11-16(3)22(29-5)20(12-18)28-4/h6-13H,1-5H3,(H,25,26). The number of nitrogens with one attached hydrogen (secondary N) is 1. The van der Waals surface area contributed by atoms with E-state index in [1.165, 1.54) is 11.1 Å². The molecule has 0 saturated heterocycles. The predicted molar refractivity (Wildman–Crippen MR) is 115 cm³/mol. The van der Waals surface area contributed by atoms with Crippen molar-refractivity contribution in [1.82, 2.24) is 14.6 Å². The molecule has 0 aliphatic rings. The van der Waals surface area contributed by atoms with Crippen LogP contribution in [0.15, 0.2) is 48.8 Å². The van der Waals surface area contributed by atoms with Crippen molar-refractivity contribution in [3.8, 4) is 22.6 Å². The molecule has 0 atom stereocenters. The summed E-state index contributed by atoms with van der Waals surface area (Å²) in [7, 11) is 3.27. The van der Waals surface area contributed by atoms with E-state index in [-0.39, 0.29) is 0 Å². The first-order chi connectivity index (χ1) is 14.0. The molecule has 0 amide bonds. The minimum absolute atomic E-state index is 0.677. The van der Waals surface area contributed by atoms with E-state index in [2.05, 4.69) is 42.5 Å². The van der Waals surface area contributed by atoms with Crippen molar-refractivity contribution < 1.29 is 9.47 Å². The lowest BCUT2D eigenvalue weighted by atomic mass is 10.0. The summed E-state index contributed by atoms with van der Waals surface area (Å²) >= 11 is 0. The average molecular weight is 388 g/mol. The van der Waals surface area contributed by atoms with Crippen molar-refractivity contribution >= 4 is 17.2 Å². The topological polar surface area (TPSA) is 60.7 Å². The summed E-state index contributed by atoms with van der Waals surface area (Å²) in [5, 5.41) is 7.81. The summed E-state index contributed by atoms with van der Waals surface area (Å²) in [5.74, 6) is 2.14. The van der Waals surface area contributed by atoms with E-state index in [1.807, 2.05) is 37.5 Å². The number of ether oxygens (including phenoxy) is 2. The van der Waals surface area contributed by atoms with E-state index >= 15 is 0 Å². The zero-order valence-corrected chi connectivity index (χ0v) is 17.3. The second-order valence-electron chi connectivity index (χ2n) is 7.09. The van der Waals surface area contributed by atoms with Crippen molar-refractivity contribution in [3.05, 3.63) is 65.5 Å². The number of anilines is 2. The maximum Gasteiger partial charge on any atom is 0.165 e. The van der Waals surface area contributed by atoms with Crippen LogP contribution in [-0.4, -0.2) is 28.8 Å². The molecule has 6 nitrogen and oxygen atoms in total. The Hall–Kier alpha value is -3.54. The number of methoxy groups -OCH3 is 2. The molecule has 6 heteroatoms. The molecule has 4 aromatic rings. The lowest BCUT2D eigenvalue weighted by Gasteiger charge is -2.14. The van der Waals surface area contributed by atoms with Gasteiger partial charge in [-0.3, -0.25) is 0 Å². The normalized spacial score (nSPS) is 10.9. The van der Waals surface area contributed by atoms with Gasteiger partial charge in [0.15, 0.2) is 17.1 Å². The molecule has 2 heterocycles. The van der Waals surface area contributed by atoms with Crippen LogP contribution in [0.25, 0.3) is 16.8 Å². The van der Waals surface area contributed by atoms with E-state index in [0.717, 1.165) is 39.6 Å². The number of fused-ring (bicyclic) bond motifs is 1. The van der Waals surface area contributed by atoms with Crippen LogP contribution in [0, 0.1) is 20.8 Å². The molecule has 1 N–H and O–H groups in total. The number of hydrogen-bond acceptors (Lipinski definition) is 5. The molecular weight excluding hydrogens is 364 g/mol. The molecule has 0 unspecified atom stereocenters. The summed E-state index contributed by atoms with van der Waals surface area (Å²) in [6.07, 6.45) is 3.76. The van der Waals surface area contributed by atoms with E-state index in [1.54, 1.807) is 18.7 Å². The van der Waals surface area contributed by atoms with Gasteiger partial charge in [0.25, 0.3) is 0 Å². The van der Waals surface area contributed by atoms with Crippen molar-refractivity contribution in [1.29, 1.82) is 0 Å². The molecule has 4 rings (SSSR count). The maximum atomic E-state index is 5.45. The molecule has 0 spiro atoms. The maximum absolute atomic E-state index is 5.45. The molecule has 0 saturated carbocycles. The molecule has 0 aliphatic heterocycles. The fourth-order valence-corrected chi connectivity index (χ4v) is 3.43. The average Bonchev–Trinajstić information content (AvgIpc) is 3.13. The predicted octanol–water partition coefficient (Wildman–Crippen LogP) is 5.08. The third-order valence-corrected chi connectivity index (χ3v) is 5.12. The second kappa shape index (κ2) is 7.47. The number of hydrogen-bond donors (Lipinski definition) is 1. The first-order valence-corrected chi connectivity index (χ1v) is 9.42. The number of nitrogens with zero attached hydrogens (tertiary/aromatic N) is 3. The molecule has 0 bridgehead atoms. The quantitative estimate of drug-likeness (QED) is 0.516. The van der Waals surface area contributed by atoms with Gasteiger partial charge < -0.3 is 14.8 Å². The number of rotatable bonds is 5. The minimum atomic E-state index is 0.677. The SMILES string of the molecule is COc1cc(Nc2ccn3ncc(-c4ccc(C)c(C)c4)c3n2)cc(C)c1OC. The fraction of sp³-hybridized carbons (Fsp3) is 0.217. The number of aromatic nitrogens is 3. The van der Waals surface area contributed by atoms with Gasteiger partial charge in [0.1, 0.15) is 5.82 Å². The van der Waals surface area contributed by atoms with Crippen LogP contribution in [0.4, 0.5) is 11.5 Å². The molecule has 2 aromatic carbocycles. The molecule has 0 fully saturated rings. The van der Waals surface area contributed by atoms with Crippen LogP contribution < -0.4 is 14.8 Å². The highest BCUT2D eigenvalue weighted by Gasteiger charge is 2.12. The molecule has 2 aromatic heterocycles. The Kier molecular flexibility index (Phi) is 4.84. The molecule has 29 heavy (non-hydrogen) atoms. The Morgan fingerprint density at radius 3 is 2.45 bits per heavy atom. The Labute approximate surface area is 170 Å². The van der Waals surface area contributed by atoms with Gasteiger partial charge in [-0.15, -0.1) is 0 Å². The van der Waals surface area contributed by atoms with E-state index in [9.17, 15) is 0 Å². The molecule has 0 radical (unpaired) electrons. The Bertz CT molecular complexity index is 1200. The van der Waals surface area contributed by atoms with Crippen LogP contribution in [0.5, 0.6) is 11.5 Å². The van der Waals surface area contributed by atoms with Gasteiger partial charge in [-0.25, -0.2) is 9.50 Å². The van der Waals surface area contributed by atoms with Gasteiger partial charge in [-0.05, 0) is 55.2 Å². The van der Waals surface area contributed by atoms with Gasteiger partial charge in [0.05, 0.1) is 20.4 Å². The van der Waals surface area contributed by atoms with Crippen LogP contribution in [0.1, 0.15) is 16.7 Å². The number of aryl methyl sites for hydroxylation is 3.